The molecule has 1 atom stereocenters. The number of hydrogen-bond donors (Lipinski definition) is 0. The Hall–Kier alpha value is -8.52. The first kappa shape index (κ1) is 45.0. The molecule has 1 nitrogen and oxygen atoms in total. The number of anilines is 2. The van der Waals surface area contributed by atoms with Gasteiger partial charge in [0, 0.05) is 17.3 Å². The van der Waals surface area contributed by atoms with Crippen molar-refractivity contribution >= 4 is 11.4 Å². The summed E-state index contributed by atoms with van der Waals surface area (Å²) in [6, 6.07) is 92.3. The van der Waals surface area contributed by atoms with Crippen LogP contribution in [-0.2, 0) is 5.41 Å². The summed E-state index contributed by atoms with van der Waals surface area (Å²) in [5.74, 6) is 0.366. The molecule has 0 aromatic heterocycles. The lowest BCUT2D eigenvalue weighted by atomic mass is 9.68. The molecule has 0 bridgehead atoms. The van der Waals surface area contributed by atoms with Crippen LogP contribution in [-0.4, -0.2) is 0 Å². The molecule has 10 aromatic rings. The highest BCUT2D eigenvalue weighted by atomic mass is 15.2. The lowest BCUT2D eigenvalue weighted by Gasteiger charge is -2.34. The molecule has 1 aliphatic heterocycles. The van der Waals surface area contributed by atoms with E-state index in [9.17, 15) is 0 Å². The van der Waals surface area contributed by atoms with Gasteiger partial charge in [0.15, 0.2) is 0 Å². The van der Waals surface area contributed by atoms with E-state index in [2.05, 4.69) is 280 Å². The molecule has 0 fully saturated rings. The lowest BCUT2D eigenvalue weighted by Crippen LogP contribution is -2.28. The standard InChI is InChI=1S/C44H33N.C19H16.C7H8/c1-30-13-12-14-31(27-30)32-23-25-38-37-20-9-11-22-42(37)45(43(38)28-32)35-24-26-41-39(29-35)36-19-8-10-21-40(36)44(41,33-15-4-2-5-16-33)34-17-6-3-7-18-34;1-15-12-18(16-8-4-2-5-9-16)14-19(13-15)17-10-6-3-7-11-17;1-7-5-3-2-4-6-7/h2-19,21-29,37H,20H2,1H3;2-14H,1H3;2-6H,1H3. The van der Waals surface area contributed by atoms with Crippen molar-refractivity contribution in [2.45, 2.75) is 38.5 Å². The summed E-state index contributed by atoms with van der Waals surface area (Å²) in [6.07, 6.45) is 7.88. The second kappa shape index (κ2) is 19.8. The van der Waals surface area contributed by atoms with E-state index in [4.69, 9.17) is 0 Å². The summed E-state index contributed by atoms with van der Waals surface area (Å²) in [7, 11) is 0. The average Bonchev–Trinajstić information content (AvgIpc) is 3.92. The number of fused-ring (bicyclic) bond motifs is 6. The predicted molar refractivity (Wildman–Crippen MR) is 300 cm³/mol. The second-order valence-corrected chi connectivity index (χ2v) is 19.0. The maximum absolute atomic E-state index is 2.52. The number of aryl methyl sites for hydroxylation is 3. The van der Waals surface area contributed by atoms with Crippen LogP contribution in [0.25, 0.3) is 44.5 Å². The molecular weight excluding hydrogens is 855 g/mol. The number of benzene rings is 10. The summed E-state index contributed by atoms with van der Waals surface area (Å²) in [5.41, 5.74) is 24.3. The smallest absolute Gasteiger partial charge is 0.0713 e. The summed E-state index contributed by atoms with van der Waals surface area (Å²) < 4.78 is 0. The molecule has 0 radical (unpaired) electrons. The topological polar surface area (TPSA) is 3.24 Å². The lowest BCUT2D eigenvalue weighted by molar-refractivity contribution is 0.768. The van der Waals surface area contributed by atoms with Crippen molar-refractivity contribution in [3.05, 3.63) is 323 Å². The molecule has 1 heteroatoms. The number of nitrogens with zero attached hydrogens (tertiary/aromatic N) is 1. The highest BCUT2D eigenvalue weighted by Crippen LogP contribution is 2.58. The normalized spacial score (nSPS) is 14.3. The third-order valence-corrected chi connectivity index (χ3v) is 14.3. The molecule has 342 valence electrons. The summed E-state index contributed by atoms with van der Waals surface area (Å²) in [4.78, 5) is 2.52. The molecule has 1 unspecified atom stereocenters. The quantitative estimate of drug-likeness (QED) is 0.161. The van der Waals surface area contributed by atoms with Crippen LogP contribution in [0.5, 0.6) is 0 Å². The van der Waals surface area contributed by atoms with Crippen LogP contribution in [0.3, 0.4) is 0 Å². The Bertz CT molecular complexity index is 3420. The van der Waals surface area contributed by atoms with Gasteiger partial charge in [-0.1, -0.05) is 254 Å². The van der Waals surface area contributed by atoms with Crippen LogP contribution in [0, 0.1) is 20.8 Å². The predicted octanol–water partition coefficient (Wildman–Crippen LogP) is 18.4. The Kier molecular flexibility index (Phi) is 12.6. The Morgan fingerprint density at radius 1 is 0.380 bits per heavy atom. The van der Waals surface area contributed by atoms with Crippen LogP contribution >= 0.6 is 0 Å². The number of allylic oxidation sites excluding steroid dienone is 4. The van der Waals surface area contributed by atoms with E-state index in [-0.39, 0.29) is 5.41 Å². The molecule has 0 N–H and O–H groups in total. The van der Waals surface area contributed by atoms with E-state index in [1.54, 1.807) is 0 Å². The van der Waals surface area contributed by atoms with Gasteiger partial charge in [0.25, 0.3) is 0 Å². The third kappa shape index (κ3) is 8.77. The molecule has 1 heterocycles. The average molecular weight is 912 g/mol. The van der Waals surface area contributed by atoms with Crippen LogP contribution in [0.2, 0.25) is 0 Å². The summed E-state index contributed by atoms with van der Waals surface area (Å²) in [5, 5.41) is 0. The maximum atomic E-state index is 2.52. The number of hydrogen-bond acceptors (Lipinski definition) is 1. The monoisotopic (exact) mass is 911 g/mol. The van der Waals surface area contributed by atoms with Gasteiger partial charge in [-0.05, 0) is 135 Å². The van der Waals surface area contributed by atoms with Gasteiger partial charge in [0.2, 0.25) is 0 Å². The van der Waals surface area contributed by atoms with Gasteiger partial charge in [0.05, 0.1) is 11.1 Å². The zero-order valence-corrected chi connectivity index (χ0v) is 40.7. The van der Waals surface area contributed by atoms with E-state index in [0.717, 1.165) is 6.42 Å². The minimum Gasteiger partial charge on any atom is -0.313 e. The van der Waals surface area contributed by atoms with Gasteiger partial charge in [0.1, 0.15) is 0 Å². The van der Waals surface area contributed by atoms with Gasteiger partial charge < -0.3 is 4.90 Å². The minimum atomic E-state index is -0.385. The van der Waals surface area contributed by atoms with E-state index < -0.39 is 0 Å². The van der Waals surface area contributed by atoms with E-state index in [1.165, 1.54) is 106 Å². The van der Waals surface area contributed by atoms with Gasteiger partial charge in [-0.3, -0.25) is 0 Å². The fourth-order valence-corrected chi connectivity index (χ4v) is 11.1. The van der Waals surface area contributed by atoms with Crippen LogP contribution in [0.1, 0.15) is 56.8 Å². The Morgan fingerprint density at radius 3 is 1.51 bits per heavy atom. The summed E-state index contributed by atoms with van der Waals surface area (Å²) >= 11 is 0. The van der Waals surface area contributed by atoms with Crippen LogP contribution in [0.4, 0.5) is 11.4 Å². The first-order valence-corrected chi connectivity index (χ1v) is 24.9. The summed E-state index contributed by atoms with van der Waals surface area (Å²) in [6.45, 7) is 6.40. The van der Waals surface area contributed by atoms with Crippen LogP contribution < -0.4 is 4.90 Å². The maximum Gasteiger partial charge on any atom is 0.0713 e. The van der Waals surface area contributed by atoms with Gasteiger partial charge in [-0.15, -0.1) is 0 Å². The first-order chi connectivity index (χ1) is 35.0. The van der Waals surface area contributed by atoms with E-state index in [1.807, 2.05) is 18.2 Å². The SMILES string of the molecule is Cc1cc(-c2ccccc2)cc(-c2ccccc2)c1.Cc1cccc(-c2ccc3c(c2)N(c2ccc4c(c2)-c2ccccc2C4(c2ccccc2)c2ccccc2)C2=CC=CCC23)c1.Cc1ccccc1. The molecule has 0 saturated heterocycles. The van der Waals surface area contributed by atoms with Crippen molar-refractivity contribution in [3.8, 4) is 44.5 Å². The largest absolute Gasteiger partial charge is 0.313 e. The van der Waals surface area contributed by atoms with E-state index >= 15 is 0 Å². The Morgan fingerprint density at radius 2 is 0.901 bits per heavy atom. The molecular formula is C70H57N. The Labute approximate surface area is 420 Å². The van der Waals surface area contributed by atoms with Gasteiger partial charge in [-0.2, -0.15) is 0 Å². The zero-order chi connectivity index (χ0) is 48.2. The fraction of sp³-hybridized carbons (Fsp3) is 0.0857. The van der Waals surface area contributed by atoms with Crippen molar-refractivity contribution in [3.63, 3.8) is 0 Å². The van der Waals surface area contributed by atoms with Crippen molar-refractivity contribution in [1.29, 1.82) is 0 Å². The molecule has 10 aromatic carbocycles. The van der Waals surface area contributed by atoms with Crippen molar-refractivity contribution in [1.82, 2.24) is 0 Å². The highest BCUT2D eigenvalue weighted by molar-refractivity contribution is 5.91. The Balaban J connectivity index is 0.000000172. The zero-order valence-electron chi connectivity index (χ0n) is 40.7. The molecule has 13 rings (SSSR count). The molecule has 0 spiro atoms. The van der Waals surface area contributed by atoms with Gasteiger partial charge >= 0.3 is 0 Å². The van der Waals surface area contributed by atoms with Gasteiger partial charge in [-0.25, -0.2) is 0 Å². The van der Waals surface area contributed by atoms with Crippen molar-refractivity contribution in [2.24, 2.45) is 0 Å². The van der Waals surface area contributed by atoms with Crippen molar-refractivity contribution in [2.75, 3.05) is 4.90 Å². The first-order valence-electron chi connectivity index (χ1n) is 24.9. The van der Waals surface area contributed by atoms with E-state index in [0.29, 0.717) is 5.92 Å². The van der Waals surface area contributed by atoms with Crippen molar-refractivity contribution < 1.29 is 0 Å². The van der Waals surface area contributed by atoms with Crippen LogP contribution in [0.15, 0.2) is 279 Å². The molecule has 3 aliphatic rings. The molecule has 0 saturated carbocycles. The molecule has 2 aliphatic carbocycles. The highest BCUT2D eigenvalue weighted by Gasteiger charge is 2.46. The molecule has 71 heavy (non-hydrogen) atoms. The fourth-order valence-electron chi connectivity index (χ4n) is 11.1. The minimum absolute atomic E-state index is 0.366. The third-order valence-electron chi connectivity index (χ3n) is 14.3. The molecule has 0 amide bonds. The number of rotatable bonds is 6. The second-order valence-electron chi connectivity index (χ2n) is 19.0.